The third-order valence-electron chi connectivity index (χ3n) is 3.32. The largest absolute Gasteiger partial charge is 0.356 e. The summed E-state index contributed by atoms with van der Waals surface area (Å²) < 4.78 is 11.1. The molecule has 1 heterocycles. The van der Waals surface area contributed by atoms with Crippen LogP contribution in [0.1, 0.15) is 52.4 Å². The number of carbonyl (C=O) groups excluding carboxylic acids is 1. The number of carbonyl (C=O) groups is 1. The molecule has 0 bridgehead atoms. The van der Waals surface area contributed by atoms with Crippen molar-refractivity contribution in [3.63, 3.8) is 0 Å². The molecule has 0 aromatic rings. The average Bonchev–Trinajstić information content (AvgIpc) is 2.39. The Balaban J connectivity index is 1.92. The van der Waals surface area contributed by atoms with Crippen LogP contribution in [-0.4, -0.2) is 32.0 Å². The van der Waals surface area contributed by atoms with Crippen molar-refractivity contribution in [3.8, 4) is 0 Å². The van der Waals surface area contributed by atoms with Crippen LogP contribution in [0.25, 0.3) is 0 Å². The van der Waals surface area contributed by atoms with Gasteiger partial charge in [-0.1, -0.05) is 20.3 Å². The van der Waals surface area contributed by atoms with Gasteiger partial charge in [0.1, 0.15) is 0 Å². The third-order valence-corrected chi connectivity index (χ3v) is 3.32. The molecule has 0 aromatic carbocycles. The molecule has 1 rings (SSSR count). The van der Waals surface area contributed by atoms with Gasteiger partial charge in [-0.15, -0.1) is 0 Å². The molecule has 0 unspecified atom stereocenters. The Hall–Kier alpha value is -0.610. The van der Waals surface area contributed by atoms with Gasteiger partial charge in [0.15, 0.2) is 6.29 Å². The Morgan fingerprint density at radius 1 is 1.50 bits per heavy atom. The summed E-state index contributed by atoms with van der Waals surface area (Å²) >= 11 is 0. The first-order chi connectivity index (χ1) is 8.72. The van der Waals surface area contributed by atoms with Crippen LogP contribution in [0.3, 0.4) is 0 Å². The van der Waals surface area contributed by atoms with Gasteiger partial charge in [-0.25, -0.2) is 0 Å². The quantitative estimate of drug-likeness (QED) is 0.680. The molecule has 106 valence electrons. The van der Waals surface area contributed by atoms with E-state index in [9.17, 15) is 4.79 Å². The van der Waals surface area contributed by atoms with E-state index in [2.05, 4.69) is 19.2 Å². The Morgan fingerprint density at radius 2 is 2.33 bits per heavy atom. The highest BCUT2D eigenvalue weighted by Crippen LogP contribution is 2.13. The van der Waals surface area contributed by atoms with Crippen LogP contribution in [0, 0.1) is 5.92 Å². The molecule has 4 nitrogen and oxygen atoms in total. The summed E-state index contributed by atoms with van der Waals surface area (Å²) in [6.07, 6.45) is 5.85. The van der Waals surface area contributed by atoms with Gasteiger partial charge in [-0.2, -0.15) is 0 Å². The van der Waals surface area contributed by atoms with E-state index >= 15 is 0 Å². The SMILES string of the molecule is CC[C@H](C)CC(=O)NCCCO[C@@H]1CCCCO1. The predicted octanol–water partition coefficient (Wildman–Crippen LogP) is 2.47. The molecule has 1 amide bonds. The standard InChI is InChI=1S/C14H27NO3/c1-3-12(2)11-13(16)15-8-6-10-18-14-7-4-5-9-17-14/h12,14H,3-11H2,1-2H3,(H,15,16)/t12-,14+/m0/s1. The molecule has 2 atom stereocenters. The van der Waals surface area contributed by atoms with Crippen molar-refractivity contribution in [1.29, 1.82) is 0 Å². The van der Waals surface area contributed by atoms with Crippen molar-refractivity contribution in [3.05, 3.63) is 0 Å². The Bertz CT molecular complexity index is 227. The van der Waals surface area contributed by atoms with E-state index in [4.69, 9.17) is 9.47 Å². The minimum atomic E-state index is -0.0189. The first kappa shape index (κ1) is 15.4. The van der Waals surface area contributed by atoms with Crippen LogP contribution in [0.4, 0.5) is 0 Å². The lowest BCUT2D eigenvalue weighted by molar-refractivity contribution is -0.162. The Labute approximate surface area is 110 Å². The molecule has 1 aliphatic rings. The molecule has 4 heteroatoms. The predicted molar refractivity (Wildman–Crippen MR) is 71.2 cm³/mol. The van der Waals surface area contributed by atoms with E-state index in [1.54, 1.807) is 0 Å². The van der Waals surface area contributed by atoms with Crippen LogP contribution >= 0.6 is 0 Å². The lowest BCUT2D eigenvalue weighted by Gasteiger charge is -2.22. The van der Waals surface area contributed by atoms with E-state index in [1.165, 1.54) is 6.42 Å². The maximum atomic E-state index is 11.5. The molecule has 0 aromatic heterocycles. The number of nitrogens with one attached hydrogen (secondary N) is 1. The zero-order chi connectivity index (χ0) is 13.2. The molecule has 1 N–H and O–H groups in total. The Morgan fingerprint density at radius 3 is 3.00 bits per heavy atom. The lowest BCUT2D eigenvalue weighted by Crippen LogP contribution is -2.28. The van der Waals surface area contributed by atoms with Gasteiger partial charge in [-0.05, 0) is 31.6 Å². The zero-order valence-corrected chi connectivity index (χ0v) is 11.7. The maximum Gasteiger partial charge on any atom is 0.220 e. The molecule has 0 radical (unpaired) electrons. The number of ether oxygens (including phenoxy) is 2. The number of amides is 1. The van der Waals surface area contributed by atoms with Gasteiger partial charge in [-0.3, -0.25) is 4.79 Å². The Kier molecular flexibility index (Phi) is 8.01. The van der Waals surface area contributed by atoms with Crippen molar-refractivity contribution in [2.45, 2.75) is 58.7 Å². The number of rotatable bonds is 8. The van der Waals surface area contributed by atoms with Crippen molar-refractivity contribution < 1.29 is 14.3 Å². The first-order valence-corrected chi connectivity index (χ1v) is 7.22. The molecule has 0 spiro atoms. The molecule has 0 aliphatic carbocycles. The van der Waals surface area contributed by atoms with E-state index < -0.39 is 0 Å². The topological polar surface area (TPSA) is 47.6 Å². The summed E-state index contributed by atoms with van der Waals surface area (Å²) in [7, 11) is 0. The first-order valence-electron chi connectivity index (χ1n) is 7.22. The van der Waals surface area contributed by atoms with Gasteiger partial charge in [0.25, 0.3) is 0 Å². The average molecular weight is 257 g/mol. The molecule has 18 heavy (non-hydrogen) atoms. The maximum absolute atomic E-state index is 11.5. The lowest BCUT2D eigenvalue weighted by atomic mass is 10.1. The minimum Gasteiger partial charge on any atom is -0.356 e. The summed E-state index contributed by atoms with van der Waals surface area (Å²) in [4.78, 5) is 11.5. The molecular weight excluding hydrogens is 230 g/mol. The van der Waals surface area contributed by atoms with Gasteiger partial charge >= 0.3 is 0 Å². The smallest absolute Gasteiger partial charge is 0.220 e. The second-order valence-electron chi connectivity index (χ2n) is 5.09. The van der Waals surface area contributed by atoms with Crippen LogP contribution < -0.4 is 5.32 Å². The second kappa shape index (κ2) is 9.34. The summed E-state index contributed by atoms with van der Waals surface area (Å²) in [5.74, 6) is 0.621. The molecular formula is C14H27NO3. The van der Waals surface area contributed by atoms with Crippen molar-refractivity contribution in [2.24, 2.45) is 5.92 Å². The molecule has 0 saturated carbocycles. The second-order valence-corrected chi connectivity index (χ2v) is 5.09. The van der Waals surface area contributed by atoms with Crippen molar-refractivity contribution in [1.82, 2.24) is 5.32 Å². The highest BCUT2D eigenvalue weighted by Gasteiger charge is 2.13. The van der Waals surface area contributed by atoms with E-state index in [-0.39, 0.29) is 12.2 Å². The van der Waals surface area contributed by atoms with Gasteiger partial charge in [0.05, 0.1) is 6.61 Å². The highest BCUT2D eigenvalue weighted by atomic mass is 16.7. The normalized spacial score (nSPS) is 21.6. The van der Waals surface area contributed by atoms with Crippen LogP contribution in [-0.2, 0) is 14.3 Å². The summed E-state index contributed by atoms with van der Waals surface area (Å²) in [6, 6.07) is 0. The van der Waals surface area contributed by atoms with Gasteiger partial charge in [0.2, 0.25) is 5.91 Å². The van der Waals surface area contributed by atoms with Crippen molar-refractivity contribution >= 4 is 5.91 Å². The molecule has 1 fully saturated rings. The number of hydrogen-bond acceptors (Lipinski definition) is 3. The molecule has 1 saturated heterocycles. The summed E-state index contributed by atoms with van der Waals surface area (Å²) in [6.45, 7) is 6.38. The minimum absolute atomic E-state index is 0.0189. The van der Waals surface area contributed by atoms with Crippen LogP contribution in [0.2, 0.25) is 0 Å². The van der Waals surface area contributed by atoms with Crippen LogP contribution in [0.5, 0.6) is 0 Å². The van der Waals surface area contributed by atoms with Gasteiger partial charge in [0, 0.05) is 19.6 Å². The zero-order valence-electron chi connectivity index (χ0n) is 11.7. The van der Waals surface area contributed by atoms with E-state index in [0.29, 0.717) is 25.5 Å². The summed E-state index contributed by atoms with van der Waals surface area (Å²) in [5.41, 5.74) is 0. The number of hydrogen-bond donors (Lipinski definition) is 1. The van der Waals surface area contributed by atoms with Crippen molar-refractivity contribution in [2.75, 3.05) is 19.8 Å². The fraction of sp³-hybridized carbons (Fsp3) is 0.929. The van der Waals surface area contributed by atoms with E-state index in [0.717, 1.165) is 32.3 Å². The highest BCUT2D eigenvalue weighted by molar-refractivity contribution is 5.76. The van der Waals surface area contributed by atoms with Crippen LogP contribution in [0.15, 0.2) is 0 Å². The molecule has 1 aliphatic heterocycles. The third kappa shape index (κ3) is 6.97. The fourth-order valence-electron chi connectivity index (χ4n) is 1.89. The van der Waals surface area contributed by atoms with E-state index in [1.807, 2.05) is 0 Å². The fourth-order valence-corrected chi connectivity index (χ4v) is 1.89. The monoisotopic (exact) mass is 257 g/mol. The summed E-state index contributed by atoms with van der Waals surface area (Å²) in [5, 5.41) is 2.93. The van der Waals surface area contributed by atoms with Gasteiger partial charge < -0.3 is 14.8 Å².